The summed E-state index contributed by atoms with van der Waals surface area (Å²) < 4.78 is 4.78. The molecule has 0 atom stereocenters. The van der Waals surface area contributed by atoms with Crippen molar-refractivity contribution in [2.45, 2.75) is 26.7 Å². The molecule has 0 aliphatic carbocycles. The minimum absolute atomic E-state index is 0.136. The van der Waals surface area contributed by atoms with Gasteiger partial charge in [-0.15, -0.1) is 0 Å². The average molecular weight is 228 g/mol. The van der Waals surface area contributed by atoms with Gasteiger partial charge in [0.25, 0.3) is 0 Å². The van der Waals surface area contributed by atoms with E-state index in [0.717, 1.165) is 25.9 Å². The number of likely N-dealkylation sites (tertiary alicyclic amines) is 1. The van der Waals surface area contributed by atoms with E-state index in [2.05, 4.69) is 5.32 Å². The number of nitrogens with one attached hydrogen (secondary N) is 1. The lowest BCUT2D eigenvalue weighted by Crippen LogP contribution is -2.40. The van der Waals surface area contributed by atoms with Crippen LogP contribution in [0.25, 0.3) is 0 Å². The van der Waals surface area contributed by atoms with Crippen LogP contribution >= 0.6 is 0 Å². The Labute approximate surface area is 96.1 Å². The number of carbonyl (C=O) groups excluding carboxylic acids is 2. The first kappa shape index (κ1) is 12.8. The van der Waals surface area contributed by atoms with E-state index in [1.807, 2.05) is 4.90 Å². The maximum absolute atomic E-state index is 11.1. The van der Waals surface area contributed by atoms with E-state index < -0.39 is 0 Å². The van der Waals surface area contributed by atoms with Crippen molar-refractivity contribution in [1.29, 1.82) is 0 Å². The Kier molecular flexibility index (Phi) is 5.08. The maximum atomic E-state index is 11.1. The van der Waals surface area contributed by atoms with E-state index in [1.165, 1.54) is 0 Å². The second kappa shape index (κ2) is 6.35. The molecule has 1 rings (SSSR count). The first-order valence-electron chi connectivity index (χ1n) is 5.79. The van der Waals surface area contributed by atoms with Crippen molar-refractivity contribution >= 4 is 12.0 Å². The third kappa shape index (κ3) is 4.08. The topological polar surface area (TPSA) is 58.6 Å². The van der Waals surface area contributed by atoms with E-state index in [9.17, 15) is 9.59 Å². The van der Waals surface area contributed by atoms with Crippen LogP contribution in [0.15, 0.2) is 0 Å². The van der Waals surface area contributed by atoms with Crippen molar-refractivity contribution in [1.82, 2.24) is 10.2 Å². The molecule has 0 aromatic heterocycles. The van der Waals surface area contributed by atoms with E-state index >= 15 is 0 Å². The van der Waals surface area contributed by atoms with Gasteiger partial charge in [0, 0.05) is 26.6 Å². The highest BCUT2D eigenvalue weighted by atomic mass is 16.5. The van der Waals surface area contributed by atoms with Crippen molar-refractivity contribution in [3.05, 3.63) is 0 Å². The van der Waals surface area contributed by atoms with Gasteiger partial charge in [-0.2, -0.15) is 0 Å². The fourth-order valence-corrected chi connectivity index (χ4v) is 1.86. The number of hydrogen-bond donors (Lipinski definition) is 1. The van der Waals surface area contributed by atoms with Crippen molar-refractivity contribution in [2.75, 3.05) is 26.2 Å². The van der Waals surface area contributed by atoms with Gasteiger partial charge in [0.15, 0.2) is 0 Å². The molecular weight excluding hydrogens is 208 g/mol. The fraction of sp³-hybridized carbons (Fsp3) is 0.818. The summed E-state index contributed by atoms with van der Waals surface area (Å²) in [6, 6.07) is 0. The zero-order chi connectivity index (χ0) is 12.0. The quantitative estimate of drug-likeness (QED) is 0.783. The Hall–Kier alpha value is -1.26. The van der Waals surface area contributed by atoms with Crippen LogP contribution in [0, 0.1) is 5.92 Å². The van der Waals surface area contributed by atoms with Crippen LogP contribution in [0.5, 0.6) is 0 Å². The van der Waals surface area contributed by atoms with E-state index in [0.29, 0.717) is 19.1 Å². The van der Waals surface area contributed by atoms with Gasteiger partial charge in [-0.1, -0.05) is 0 Å². The lowest BCUT2D eigenvalue weighted by atomic mass is 9.97. The van der Waals surface area contributed by atoms with Gasteiger partial charge in [0.2, 0.25) is 5.91 Å². The third-order valence-electron chi connectivity index (χ3n) is 2.87. The molecule has 1 N–H and O–H groups in total. The predicted octanol–water partition coefficient (Wildman–Crippen LogP) is 0.991. The van der Waals surface area contributed by atoms with Crippen molar-refractivity contribution in [3.63, 3.8) is 0 Å². The largest absolute Gasteiger partial charge is 0.450 e. The Balaban J connectivity index is 2.17. The van der Waals surface area contributed by atoms with Crippen molar-refractivity contribution < 1.29 is 14.3 Å². The second-order valence-corrected chi connectivity index (χ2v) is 4.05. The molecule has 16 heavy (non-hydrogen) atoms. The standard InChI is InChI=1S/C11H20N2O3/c1-3-16-11(15)12-8-10-4-6-13(7-5-10)9(2)14/h10H,3-8H2,1-2H3,(H,12,15). The summed E-state index contributed by atoms with van der Waals surface area (Å²) in [5.41, 5.74) is 0. The number of piperidine rings is 1. The minimum Gasteiger partial charge on any atom is -0.450 e. The fourth-order valence-electron chi connectivity index (χ4n) is 1.86. The molecule has 1 heterocycles. The lowest BCUT2D eigenvalue weighted by molar-refractivity contribution is -0.130. The molecule has 0 unspecified atom stereocenters. The summed E-state index contributed by atoms with van der Waals surface area (Å²) in [6.07, 6.45) is 1.55. The lowest BCUT2D eigenvalue weighted by Gasteiger charge is -2.31. The summed E-state index contributed by atoms with van der Waals surface area (Å²) in [5, 5.41) is 2.73. The highest BCUT2D eigenvalue weighted by Crippen LogP contribution is 2.16. The minimum atomic E-state index is -0.350. The molecule has 5 heteroatoms. The van der Waals surface area contributed by atoms with Crippen LogP contribution in [0.3, 0.4) is 0 Å². The van der Waals surface area contributed by atoms with Crippen LogP contribution in [-0.2, 0) is 9.53 Å². The normalized spacial score (nSPS) is 17.0. The van der Waals surface area contributed by atoms with E-state index in [1.54, 1.807) is 13.8 Å². The highest BCUT2D eigenvalue weighted by molar-refractivity contribution is 5.73. The summed E-state index contributed by atoms with van der Waals surface area (Å²) in [6.45, 7) is 6.01. The van der Waals surface area contributed by atoms with Crippen LogP contribution in [-0.4, -0.2) is 43.1 Å². The molecule has 0 bridgehead atoms. The van der Waals surface area contributed by atoms with E-state index in [-0.39, 0.29) is 12.0 Å². The monoisotopic (exact) mass is 228 g/mol. The Bertz CT molecular complexity index is 248. The molecule has 0 saturated carbocycles. The summed E-state index contributed by atoms with van der Waals surface area (Å²) in [4.78, 5) is 24.0. The van der Waals surface area contributed by atoms with Crippen LogP contribution in [0.4, 0.5) is 4.79 Å². The molecule has 1 aliphatic heterocycles. The first-order valence-corrected chi connectivity index (χ1v) is 5.79. The van der Waals surface area contributed by atoms with Gasteiger partial charge in [-0.25, -0.2) is 4.79 Å². The summed E-state index contributed by atoms with van der Waals surface area (Å²) in [5.74, 6) is 0.594. The Morgan fingerprint density at radius 3 is 2.50 bits per heavy atom. The van der Waals surface area contributed by atoms with Gasteiger partial charge in [-0.3, -0.25) is 4.79 Å². The predicted molar refractivity (Wildman–Crippen MR) is 60.0 cm³/mol. The molecule has 1 fully saturated rings. The number of carbonyl (C=O) groups is 2. The van der Waals surface area contributed by atoms with Gasteiger partial charge >= 0.3 is 6.09 Å². The molecule has 0 spiro atoms. The Morgan fingerprint density at radius 1 is 1.38 bits per heavy atom. The number of amides is 2. The highest BCUT2D eigenvalue weighted by Gasteiger charge is 2.20. The summed E-state index contributed by atoms with van der Waals surface area (Å²) in [7, 11) is 0. The molecule has 92 valence electrons. The number of ether oxygens (including phenoxy) is 1. The zero-order valence-electron chi connectivity index (χ0n) is 9.99. The van der Waals surface area contributed by atoms with Gasteiger partial charge in [0.1, 0.15) is 0 Å². The van der Waals surface area contributed by atoms with Crippen LogP contribution in [0.2, 0.25) is 0 Å². The second-order valence-electron chi connectivity index (χ2n) is 4.05. The van der Waals surface area contributed by atoms with Gasteiger partial charge in [0.05, 0.1) is 6.61 Å². The van der Waals surface area contributed by atoms with Gasteiger partial charge < -0.3 is 15.0 Å². The number of rotatable bonds is 3. The molecule has 0 aromatic rings. The van der Waals surface area contributed by atoms with Crippen LogP contribution in [0.1, 0.15) is 26.7 Å². The first-order chi connectivity index (χ1) is 7.63. The molecule has 1 saturated heterocycles. The van der Waals surface area contributed by atoms with Crippen LogP contribution < -0.4 is 5.32 Å². The molecule has 0 radical (unpaired) electrons. The molecule has 1 aliphatic rings. The number of nitrogens with zero attached hydrogens (tertiary/aromatic N) is 1. The smallest absolute Gasteiger partial charge is 0.407 e. The number of alkyl carbamates (subject to hydrolysis) is 1. The molecule has 5 nitrogen and oxygen atoms in total. The average Bonchev–Trinajstić information content (AvgIpc) is 2.27. The van der Waals surface area contributed by atoms with Crippen molar-refractivity contribution in [2.24, 2.45) is 5.92 Å². The number of hydrogen-bond acceptors (Lipinski definition) is 3. The summed E-state index contributed by atoms with van der Waals surface area (Å²) >= 11 is 0. The Morgan fingerprint density at radius 2 is 2.00 bits per heavy atom. The zero-order valence-corrected chi connectivity index (χ0v) is 9.99. The van der Waals surface area contributed by atoms with E-state index in [4.69, 9.17) is 4.74 Å². The molecule has 2 amide bonds. The third-order valence-corrected chi connectivity index (χ3v) is 2.87. The SMILES string of the molecule is CCOC(=O)NCC1CCN(C(C)=O)CC1. The molecule has 0 aromatic carbocycles. The van der Waals surface area contributed by atoms with Gasteiger partial charge in [-0.05, 0) is 25.7 Å². The molecular formula is C11H20N2O3. The van der Waals surface area contributed by atoms with Crippen molar-refractivity contribution in [3.8, 4) is 0 Å². The maximum Gasteiger partial charge on any atom is 0.407 e.